The van der Waals surface area contributed by atoms with E-state index in [0.29, 0.717) is 18.7 Å². The minimum absolute atomic E-state index is 0.0614. The molecule has 3 aromatic rings. The van der Waals surface area contributed by atoms with Crippen LogP contribution < -0.4 is 9.64 Å². The molecule has 0 aliphatic carbocycles. The Labute approximate surface area is 164 Å². The van der Waals surface area contributed by atoms with Crippen LogP contribution in [0.3, 0.4) is 0 Å². The predicted molar refractivity (Wildman–Crippen MR) is 97.3 cm³/mol. The number of sulfonamides is 1. The van der Waals surface area contributed by atoms with Gasteiger partial charge < -0.3 is 9.64 Å². The van der Waals surface area contributed by atoms with Gasteiger partial charge in [0.05, 0.1) is 4.90 Å². The van der Waals surface area contributed by atoms with E-state index in [4.69, 9.17) is 0 Å². The molecular formula is C17H16F2N6O3S. The van der Waals surface area contributed by atoms with Crippen LogP contribution in [0.25, 0.3) is 5.65 Å². The van der Waals surface area contributed by atoms with Crippen LogP contribution in [0.1, 0.15) is 6.42 Å². The monoisotopic (exact) mass is 422 g/mol. The highest BCUT2D eigenvalue weighted by Crippen LogP contribution is 2.38. The number of rotatable bonds is 5. The molecule has 1 aromatic carbocycles. The summed E-state index contributed by atoms with van der Waals surface area (Å²) in [5, 5.41) is 12.2. The van der Waals surface area contributed by atoms with Crippen molar-refractivity contribution in [1.82, 2.24) is 24.1 Å². The fourth-order valence-corrected chi connectivity index (χ4v) is 5.77. The van der Waals surface area contributed by atoms with E-state index in [1.165, 1.54) is 34.9 Å². The summed E-state index contributed by atoms with van der Waals surface area (Å²) >= 11 is 0. The topological polar surface area (TPSA) is 92.9 Å². The third-order valence-corrected chi connectivity index (χ3v) is 7.24. The zero-order valence-corrected chi connectivity index (χ0v) is 15.8. The number of fused-ring (bicyclic) bond motifs is 3. The van der Waals surface area contributed by atoms with Crippen molar-refractivity contribution in [3.8, 4) is 5.75 Å². The highest BCUT2D eigenvalue weighted by molar-refractivity contribution is 7.89. The van der Waals surface area contributed by atoms with Crippen LogP contribution in [0.5, 0.6) is 5.75 Å². The lowest BCUT2D eigenvalue weighted by Crippen LogP contribution is -2.70. The Hall–Kier alpha value is -2.86. The lowest BCUT2D eigenvalue weighted by molar-refractivity contribution is -0.0498. The SMILES string of the molecule is O=S(=O)(c1ccc(OC(F)F)cc1)N1C2CC1CN(c1ccc3nncn3n1)C2. The van der Waals surface area contributed by atoms with Gasteiger partial charge in [0.2, 0.25) is 10.0 Å². The Morgan fingerprint density at radius 3 is 2.48 bits per heavy atom. The molecule has 0 radical (unpaired) electrons. The van der Waals surface area contributed by atoms with E-state index < -0.39 is 16.6 Å². The van der Waals surface area contributed by atoms with Crippen molar-refractivity contribution in [1.29, 1.82) is 0 Å². The molecule has 2 unspecified atom stereocenters. The number of piperidine rings is 1. The summed E-state index contributed by atoms with van der Waals surface area (Å²) in [5.41, 5.74) is 0.638. The molecule has 3 aliphatic rings. The third kappa shape index (κ3) is 3.08. The molecule has 0 saturated carbocycles. The van der Waals surface area contributed by atoms with Crippen LogP contribution in [0, 0.1) is 0 Å². The summed E-state index contributed by atoms with van der Waals surface area (Å²) in [6, 6.07) is 8.37. The summed E-state index contributed by atoms with van der Waals surface area (Å²) in [6.07, 6.45) is 2.29. The number of benzene rings is 1. The van der Waals surface area contributed by atoms with E-state index in [0.717, 1.165) is 12.2 Å². The van der Waals surface area contributed by atoms with Gasteiger partial charge in [0, 0.05) is 25.2 Å². The largest absolute Gasteiger partial charge is 0.435 e. The van der Waals surface area contributed by atoms with E-state index in [-0.39, 0.29) is 22.7 Å². The quantitative estimate of drug-likeness (QED) is 0.613. The fourth-order valence-electron chi connectivity index (χ4n) is 3.96. The van der Waals surface area contributed by atoms with E-state index in [2.05, 4.69) is 20.0 Å². The highest BCUT2D eigenvalue weighted by atomic mass is 32.2. The Morgan fingerprint density at radius 1 is 1.07 bits per heavy atom. The van der Waals surface area contributed by atoms with Gasteiger partial charge in [0.15, 0.2) is 5.65 Å². The highest BCUT2D eigenvalue weighted by Gasteiger charge is 2.51. The van der Waals surface area contributed by atoms with Crippen molar-refractivity contribution in [3.63, 3.8) is 0 Å². The lowest BCUT2D eigenvalue weighted by Gasteiger charge is -2.55. The zero-order chi connectivity index (χ0) is 20.2. The maximum absolute atomic E-state index is 13.0. The molecular weight excluding hydrogens is 406 g/mol. The van der Waals surface area contributed by atoms with Gasteiger partial charge in [-0.05, 0) is 42.8 Å². The summed E-state index contributed by atoms with van der Waals surface area (Å²) in [4.78, 5) is 2.11. The second-order valence-corrected chi connectivity index (χ2v) is 8.80. The van der Waals surface area contributed by atoms with Crippen molar-refractivity contribution in [3.05, 3.63) is 42.7 Å². The summed E-state index contributed by atoms with van der Waals surface area (Å²) in [5.74, 6) is 0.655. The summed E-state index contributed by atoms with van der Waals surface area (Å²) in [7, 11) is -3.72. The molecule has 5 heterocycles. The number of piperazine rings is 1. The molecule has 9 nitrogen and oxygen atoms in total. The number of nitrogens with zero attached hydrogens (tertiary/aromatic N) is 6. The van der Waals surface area contributed by atoms with Crippen LogP contribution in [-0.4, -0.2) is 64.3 Å². The second kappa shape index (κ2) is 6.59. The first-order valence-electron chi connectivity index (χ1n) is 8.92. The first-order chi connectivity index (χ1) is 13.9. The molecule has 12 heteroatoms. The van der Waals surface area contributed by atoms with Gasteiger partial charge in [-0.1, -0.05) is 0 Å². The van der Waals surface area contributed by atoms with E-state index in [1.807, 2.05) is 17.0 Å². The number of aromatic nitrogens is 4. The number of anilines is 1. The van der Waals surface area contributed by atoms with Gasteiger partial charge >= 0.3 is 6.61 Å². The molecule has 29 heavy (non-hydrogen) atoms. The number of hydrogen-bond acceptors (Lipinski definition) is 7. The van der Waals surface area contributed by atoms with Crippen molar-refractivity contribution < 1.29 is 21.9 Å². The van der Waals surface area contributed by atoms with E-state index in [1.54, 1.807) is 4.52 Å². The fraction of sp³-hybridized carbons (Fsp3) is 0.353. The first-order valence-corrected chi connectivity index (χ1v) is 10.4. The molecule has 0 N–H and O–H groups in total. The van der Waals surface area contributed by atoms with Gasteiger partial charge in [-0.2, -0.15) is 17.6 Å². The standard InChI is InChI=1S/C17H16F2N6O3S/c18-17(19)28-13-1-3-14(4-2-13)29(26,27)25-11-7-12(25)9-23(8-11)16-6-5-15-21-20-10-24(15)22-16/h1-6,10-12,17H,7-9H2. The molecule has 3 fully saturated rings. The van der Waals surface area contributed by atoms with Crippen LogP contribution in [0.15, 0.2) is 47.6 Å². The molecule has 6 rings (SSSR count). The number of halogens is 2. The molecule has 2 atom stereocenters. The van der Waals surface area contributed by atoms with Crippen molar-refractivity contribution in [2.75, 3.05) is 18.0 Å². The molecule has 0 amide bonds. The van der Waals surface area contributed by atoms with Crippen molar-refractivity contribution in [2.24, 2.45) is 0 Å². The average Bonchev–Trinajstić information content (AvgIpc) is 3.15. The molecule has 0 spiro atoms. The van der Waals surface area contributed by atoms with Gasteiger partial charge in [-0.3, -0.25) is 0 Å². The van der Waals surface area contributed by atoms with Crippen LogP contribution in [0.4, 0.5) is 14.6 Å². The Morgan fingerprint density at radius 2 is 1.79 bits per heavy atom. The summed E-state index contributed by atoms with van der Waals surface area (Å²) < 4.78 is 58.0. The zero-order valence-electron chi connectivity index (χ0n) is 15.0. The van der Waals surface area contributed by atoms with Gasteiger partial charge in [-0.15, -0.1) is 15.3 Å². The molecule has 2 aromatic heterocycles. The number of hydrogen-bond donors (Lipinski definition) is 0. The van der Waals surface area contributed by atoms with Crippen LogP contribution in [-0.2, 0) is 10.0 Å². The van der Waals surface area contributed by atoms with Gasteiger partial charge in [-0.25, -0.2) is 8.42 Å². The summed E-state index contributed by atoms with van der Waals surface area (Å²) in [6.45, 7) is -1.92. The maximum atomic E-state index is 13.0. The average molecular weight is 422 g/mol. The molecule has 2 bridgehead atoms. The second-order valence-electron chi connectivity index (χ2n) is 6.96. The number of ether oxygens (including phenoxy) is 1. The molecule has 3 saturated heterocycles. The van der Waals surface area contributed by atoms with Crippen molar-refractivity contribution in [2.45, 2.75) is 30.0 Å². The lowest BCUT2D eigenvalue weighted by atomic mass is 9.91. The number of alkyl halides is 2. The van der Waals surface area contributed by atoms with Crippen LogP contribution in [0.2, 0.25) is 0 Å². The Bertz CT molecular complexity index is 1140. The minimum atomic E-state index is -3.72. The smallest absolute Gasteiger partial charge is 0.387 e. The predicted octanol–water partition coefficient (Wildman–Crippen LogP) is 1.38. The van der Waals surface area contributed by atoms with E-state index in [9.17, 15) is 17.2 Å². The van der Waals surface area contributed by atoms with Crippen LogP contribution >= 0.6 is 0 Å². The molecule has 3 aliphatic heterocycles. The third-order valence-electron chi connectivity index (χ3n) is 5.22. The maximum Gasteiger partial charge on any atom is 0.387 e. The first kappa shape index (κ1) is 18.2. The van der Waals surface area contributed by atoms with E-state index >= 15 is 0 Å². The normalized spacial score (nSPS) is 22.1. The Balaban J connectivity index is 1.33. The van der Waals surface area contributed by atoms with Gasteiger partial charge in [0.1, 0.15) is 17.9 Å². The van der Waals surface area contributed by atoms with Gasteiger partial charge in [0.25, 0.3) is 0 Å². The minimum Gasteiger partial charge on any atom is -0.435 e. The molecule has 152 valence electrons. The Kier molecular flexibility index (Phi) is 4.13. The van der Waals surface area contributed by atoms with Crippen molar-refractivity contribution >= 4 is 21.5 Å².